The van der Waals surface area contributed by atoms with Crippen LogP contribution in [0.4, 0.5) is 10.1 Å². The summed E-state index contributed by atoms with van der Waals surface area (Å²) in [6.45, 7) is 5.67. The van der Waals surface area contributed by atoms with Gasteiger partial charge in [0, 0.05) is 31.9 Å². The second-order valence-corrected chi connectivity index (χ2v) is 7.27. The van der Waals surface area contributed by atoms with Crippen molar-refractivity contribution < 1.29 is 18.7 Å². The van der Waals surface area contributed by atoms with Gasteiger partial charge in [-0.2, -0.15) is 0 Å². The van der Waals surface area contributed by atoms with Crippen molar-refractivity contribution in [2.45, 2.75) is 13.8 Å². The summed E-state index contributed by atoms with van der Waals surface area (Å²) in [6, 6.07) is 6.31. The Labute approximate surface area is 155 Å². The SMILES string of the molecule is Cc1nc(C)c(C(=O)OCC(=O)N2CCN(c3ccc(F)cc3)CC2)s1. The molecule has 0 atom stereocenters. The molecular weight excluding hydrogens is 357 g/mol. The van der Waals surface area contributed by atoms with Crippen molar-refractivity contribution in [2.24, 2.45) is 0 Å². The van der Waals surface area contributed by atoms with Crippen LogP contribution in [0.5, 0.6) is 0 Å². The van der Waals surface area contributed by atoms with E-state index in [1.54, 1.807) is 24.0 Å². The number of hydrogen-bond acceptors (Lipinski definition) is 6. The van der Waals surface area contributed by atoms with E-state index in [9.17, 15) is 14.0 Å². The summed E-state index contributed by atoms with van der Waals surface area (Å²) in [5.74, 6) is -0.988. The number of aryl methyl sites for hydroxylation is 2. The maximum absolute atomic E-state index is 13.0. The number of nitrogens with zero attached hydrogens (tertiary/aromatic N) is 3. The second kappa shape index (κ2) is 7.82. The molecule has 2 aromatic rings. The molecule has 2 heterocycles. The monoisotopic (exact) mass is 377 g/mol. The zero-order chi connectivity index (χ0) is 18.7. The number of carbonyl (C=O) groups is 2. The van der Waals surface area contributed by atoms with Crippen molar-refractivity contribution in [3.63, 3.8) is 0 Å². The first-order valence-electron chi connectivity index (χ1n) is 8.33. The molecule has 0 unspecified atom stereocenters. The number of amides is 1. The summed E-state index contributed by atoms with van der Waals surface area (Å²) in [7, 11) is 0. The zero-order valence-corrected chi connectivity index (χ0v) is 15.5. The average Bonchev–Trinajstić information content (AvgIpc) is 2.98. The van der Waals surface area contributed by atoms with Crippen LogP contribution in [-0.2, 0) is 9.53 Å². The molecule has 0 spiro atoms. The van der Waals surface area contributed by atoms with Gasteiger partial charge >= 0.3 is 5.97 Å². The largest absolute Gasteiger partial charge is 0.451 e. The average molecular weight is 377 g/mol. The molecular formula is C18H20FN3O3S. The van der Waals surface area contributed by atoms with Gasteiger partial charge in [-0.1, -0.05) is 0 Å². The second-order valence-electron chi connectivity index (χ2n) is 6.07. The highest BCUT2D eigenvalue weighted by atomic mass is 32.1. The fourth-order valence-corrected chi connectivity index (χ4v) is 3.68. The van der Waals surface area contributed by atoms with E-state index in [4.69, 9.17) is 4.74 Å². The summed E-state index contributed by atoms with van der Waals surface area (Å²) >= 11 is 1.26. The number of rotatable bonds is 4. The van der Waals surface area contributed by atoms with Crippen molar-refractivity contribution in [2.75, 3.05) is 37.7 Å². The van der Waals surface area contributed by atoms with Gasteiger partial charge in [0.25, 0.3) is 5.91 Å². The highest BCUT2D eigenvalue weighted by molar-refractivity contribution is 7.13. The van der Waals surface area contributed by atoms with Gasteiger partial charge in [-0.05, 0) is 38.1 Å². The Morgan fingerprint density at radius 2 is 1.81 bits per heavy atom. The van der Waals surface area contributed by atoms with Gasteiger partial charge in [0.15, 0.2) is 6.61 Å². The van der Waals surface area contributed by atoms with E-state index in [1.165, 1.54) is 23.5 Å². The minimum absolute atomic E-state index is 0.212. The molecule has 1 aromatic heterocycles. The number of esters is 1. The molecule has 3 rings (SSSR count). The third-order valence-electron chi connectivity index (χ3n) is 4.24. The van der Waals surface area contributed by atoms with Crippen LogP contribution >= 0.6 is 11.3 Å². The molecule has 1 fully saturated rings. The Bertz CT molecular complexity index is 799. The molecule has 0 radical (unpaired) electrons. The Balaban J connectivity index is 1.48. The number of carbonyl (C=O) groups excluding carboxylic acids is 2. The molecule has 0 N–H and O–H groups in total. The molecule has 1 aliphatic heterocycles. The molecule has 0 saturated carbocycles. The lowest BCUT2D eigenvalue weighted by atomic mass is 10.2. The highest BCUT2D eigenvalue weighted by Crippen LogP contribution is 2.19. The van der Waals surface area contributed by atoms with Gasteiger partial charge in [-0.15, -0.1) is 11.3 Å². The fourth-order valence-electron chi connectivity index (χ4n) is 2.87. The summed E-state index contributed by atoms with van der Waals surface area (Å²) in [5.41, 5.74) is 1.55. The minimum Gasteiger partial charge on any atom is -0.451 e. The van der Waals surface area contributed by atoms with Crippen molar-refractivity contribution in [1.29, 1.82) is 0 Å². The van der Waals surface area contributed by atoms with Gasteiger partial charge in [-0.25, -0.2) is 14.2 Å². The van der Waals surface area contributed by atoms with Crippen LogP contribution in [0.3, 0.4) is 0 Å². The lowest BCUT2D eigenvalue weighted by Crippen LogP contribution is -2.49. The standard InChI is InChI=1S/C18H20FN3O3S/c1-12-17(26-13(2)20-12)18(24)25-11-16(23)22-9-7-21(8-10-22)15-5-3-14(19)4-6-15/h3-6H,7-11H2,1-2H3. The normalized spacial score (nSPS) is 14.4. The minimum atomic E-state index is -0.508. The van der Waals surface area contributed by atoms with E-state index in [0.29, 0.717) is 36.8 Å². The number of piperazine rings is 1. The predicted molar refractivity (Wildman–Crippen MR) is 97.1 cm³/mol. The quantitative estimate of drug-likeness (QED) is 0.766. The third-order valence-corrected chi connectivity index (χ3v) is 5.29. The highest BCUT2D eigenvalue weighted by Gasteiger charge is 2.23. The Morgan fingerprint density at radius 1 is 1.15 bits per heavy atom. The maximum Gasteiger partial charge on any atom is 0.350 e. The summed E-state index contributed by atoms with van der Waals surface area (Å²) < 4.78 is 18.2. The van der Waals surface area contributed by atoms with E-state index in [0.717, 1.165) is 10.7 Å². The van der Waals surface area contributed by atoms with Gasteiger partial charge in [0.2, 0.25) is 0 Å². The summed E-state index contributed by atoms with van der Waals surface area (Å²) in [6.07, 6.45) is 0. The van der Waals surface area contributed by atoms with Crippen LogP contribution in [-0.4, -0.2) is 54.5 Å². The molecule has 138 valence electrons. The van der Waals surface area contributed by atoms with E-state index in [2.05, 4.69) is 9.88 Å². The molecule has 1 amide bonds. The number of aromatic nitrogens is 1. The molecule has 1 aromatic carbocycles. The van der Waals surface area contributed by atoms with Crippen molar-refractivity contribution in [1.82, 2.24) is 9.88 Å². The predicted octanol–water partition coefficient (Wildman–Crippen LogP) is 2.40. The lowest BCUT2D eigenvalue weighted by molar-refractivity contribution is -0.134. The Kier molecular flexibility index (Phi) is 5.51. The first-order valence-corrected chi connectivity index (χ1v) is 9.15. The lowest BCUT2D eigenvalue weighted by Gasteiger charge is -2.36. The molecule has 1 saturated heterocycles. The summed E-state index contributed by atoms with van der Waals surface area (Å²) in [4.78, 5) is 32.8. The number of anilines is 1. The number of halogens is 1. The fraction of sp³-hybridized carbons (Fsp3) is 0.389. The van der Waals surface area contributed by atoms with Crippen LogP contribution < -0.4 is 4.90 Å². The third kappa shape index (κ3) is 4.19. The summed E-state index contributed by atoms with van der Waals surface area (Å²) in [5, 5.41) is 0.790. The van der Waals surface area contributed by atoms with Gasteiger partial charge < -0.3 is 14.5 Å². The van der Waals surface area contributed by atoms with Crippen LogP contribution in [0.1, 0.15) is 20.4 Å². The number of thiazole rings is 1. The van der Waals surface area contributed by atoms with E-state index < -0.39 is 5.97 Å². The number of ether oxygens (including phenoxy) is 1. The van der Waals surface area contributed by atoms with Crippen LogP contribution in [0, 0.1) is 19.7 Å². The van der Waals surface area contributed by atoms with E-state index >= 15 is 0 Å². The molecule has 8 heteroatoms. The topological polar surface area (TPSA) is 62.7 Å². The molecule has 1 aliphatic rings. The van der Waals surface area contributed by atoms with Crippen molar-refractivity contribution >= 4 is 28.9 Å². The number of benzene rings is 1. The van der Waals surface area contributed by atoms with Crippen molar-refractivity contribution in [3.05, 3.63) is 45.7 Å². The van der Waals surface area contributed by atoms with Gasteiger partial charge in [0.1, 0.15) is 10.7 Å². The first-order chi connectivity index (χ1) is 12.4. The van der Waals surface area contributed by atoms with Crippen molar-refractivity contribution in [3.8, 4) is 0 Å². The van der Waals surface area contributed by atoms with Crippen LogP contribution in [0.2, 0.25) is 0 Å². The van der Waals surface area contributed by atoms with E-state index in [1.807, 2.05) is 6.92 Å². The smallest absolute Gasteiger partial charge is 0.350 e. The zero-order valence-electron chi connectivity index (χ0n) is 14.7. The van der Waals surface area contributed by atoms with Gasteiger partial charge in [0.05, 0.1) is 10.7 Å². The Hall–Kier alpha value is -2.48. The maximum atomic E-state index is 13.0. The Morgan fingerprint density at radius 3 is 2.38 bits per heavy atom. The van der Waals surface area contributed by atoms with E-state index in [-0.39, 0.29) is 18.3 Å². The van der Waals surface area contributed by atoms with Gasteiger partial charge in [-0.3, -0.25) is 4.79 Å². The molecule has 0 bridgehead atoms. The van der Waals surface area contributed by atoms with Crippen LogP contribution in [0.15, 0.2) is 24.3 Å². The number of hydrogen-bond donors (Lipinski definition) is 0. The molecule has 6 nitrogen and oxygen atoms in total. The molecule has 26 heavy (non-hydrogen) atoms. The first kappa shape index (κ1) is 18.3. The van der Waals surface area contributed by atoms with Crippen LogP contribution in [0.25, 0.3) is 0 Å². The molecule has 0 aliphatic carbocycles.